The van der Waals surface area contributed by atoms with Crippen LogP contribution in [0.3, 0.4) is 0 Å². The molecule has 4 heteroatoms. The number of likely N-dealkylation sites (tertiary alicyclic amines) is 1. The molecule has 0 aromatic heterocycles. The van der Waals surface area contributed by atoms with Gasteiger partial charge in [-0.15, -0.1) is 0 Å². The number of rotatable bonds is 6. The molecule has 1 aliphatic heterocycles. The van der Waals surface area contributed by atoms with Crippen LogP contribution in [0.4, 0.5) is 5.69 Å². The highest BCUT2D eigenvalue weighted by Crippen LogP contribution is 2.14. The summed E-state index contributed by atoms with van der Waals surface area (Å²) in [5, 5.41) is 4.40. The molecule has 0 spiro atoms. The molecule has 1 heterocycles. The van der Waals surface area contributed by atoms with E-state index in [0.717, 1.165) is 31.7 Å². The highest BCUT2D eigenvalue weighted by atomic mass is 15.3. The third kappa shape index (κ3) is 4.74. The maximum Gasteiger partial charge on any atom is 0.0540 e. The zero-order valence-electron chi connectivity index (χ0n) is 13.5. The quantitative estimate of drug-likeness (QED) is 0.645. The van der Waals surface area contributed by atoms with Crippen molar-refractivity contribution in [1.29, 1.82) is 0 Å². The van der Waals surface area contributed by atoms with Crippen LogP contribution in [0.1, 0.15) is 32.3 Å². The molecule has 21 heavy (non-hydrogen) atoms. The molecule has 0 unspecified atom stereocenters. The largest absolute Gasteiger partial charge is 0.372 e. The number of benzene rings is 1. The van der Waals surface area contributed by atoms with E-state index in [1.54, 1.807) is 0 Å². The van der Waals surface area contributed by atoms with E-state index in [-0.39, 0.29) is 0 Å². The molecular weight excluding hydrogens is 260 g/mol. The fourth-order valence-corrected chi connectivity index (χ4v) is 2.71. The predicted molar refractivity (Wildman–Crippen MR) is 91.3 cm³/mol. The average molecular weight is 288 g/mol. The SMILES string of the molecule is CCN(CC)c1ccc(/C=N/NC2CCN(C)CC2)cc1. The lowest BCUT2D eigenvalue weighted by atomic mass is 10.1. The molecule has 4 nitrogen and oxygen atoms in total. The molecule has 1 aromatic rings. The summed E-state index contributed by atoms with van der Waals surface area (Å²) in [6.07, 6.45) is 4.27. The first-order chi connectivity index (χ1) is 10.2. The van der Waals surface area contributed by atoms with E-state index < -0.39 is 0 Å². The normalized spacial score (nSPS) is 17.3. The fourth-order valence-electron chi connectivity index (χ4n) is 2.71. The lowest BCUT2D eigenvalue weighted by Gasteiger charge is -2.28. The van der Waals surface area contributed by atoms with Gasteiger partial charge in [-0.1, -0.05) is 12.1 Å². The molecule has 0 saturated carbocycles. The van der Waals surface area contributed by atoms with Crippen LogP contribution in [-0.4, -0.2) is 50.4 Å². The minimum absolute atomic E-state index is 0.521. The molecule has 1 N–H and O–H groups in total. The van der Waals surface area contributed by atoms with Gasteiger partial charge in [0.05, 0.1) is 6.21 Å². The number of piperidine rings is 1. The Morgan fingerprint density at radius 3 is 2.38 bits per heavy atom. The summed E-state index contributed by atoms with van der Waals surface area (Å²) in [5.74, 6) is 0. The van der Waals surface area contributed by atoms with Crippen LogP contribution in [0.2, 0.25) is 0 Å². The second-order valence-corrected chi connectivity index (χ2v) is 5.73. The standard InChI is InChI=1S/C17H28N4/c1-4-21(5-2)17-8-6-15(7-9-17)14-18-19-16-10-12-20(3)13-11-16/h6-9,14,16,19H,4-5,10-13H2,1-3H3/b18-14+. The molecule has 0 radical (unpaired) electrons. The lowest BCUT2D eigenvalue weighted by molar-refractivity contribution is 0.236. The second-order valence-electron chi connectivity index (χ2n) is 5.73. The molecule has 2 rings (SSSR count). The van der Waals surface area contributed by atoms with Gasteiger partial charge in [-0.2, -0.15) is 5.10 Å². The van der Waals surface area contributed by atoms with Gasteiger partial charge in [-0.3, -0.25) is 0 Å². The highest BCUT2D eigenvalue weighted by molar-refractivity contribution is 5.80. The Morgan fingerprint density at radius 2 is 1.81 bits per heavy atom. The third-order valence-corrected chi connectivity index (χ3v) is 4.21. The third-order valence-electron chi connectivity index (χ3n) is 4.21. The number of hydrogen-bond donors (Lipinski definition) is 1. The van der Waals surface area contributed by atoms with Gasteiger partial charge < -0.3 is 15.2 Å². The van der Waals surface area contributed by atoms with Crippen molar-refractivity contribution in [2.75, 3.05) is 38.1 Å². The van der Waals surface area contributed by atoms with Gasteiger partial charge in [0, 0.05) is 24.8 Å². The fraction of sp³-hybridized carbons (Fsp3) is 0.588. The number of nitrogens with zero attached hydrogens (tertiary/aromatic N) is 3. The van der Waals surface area contributed by atoms with E-state index in [0.29, 0.717) is 6.04 Å². The number of anilines is 1. The van der Waals surface area contributed by atoms with Crippen molar-refractivity contribution in [3.05, 3.63) is 29.8 Å². The molecule has 1 aliphatic rings. The summed E-state index contributed by atoms with van der Waals surface area (Å²) in [6, 6.07) is 9.13. The van der Waals surface area contributed by atoms with Crippen LogP contribution < -0.4 is 10.3 Å². The first-order valence-electron chi connectivity index (χ1n) is 8.05. The molecule has 1 saturated heterocycles. The maximum absolute atomic E-state index is 4.40. The van der Waals surface area contributed by atoms with Crippen molar-refractivity contribution in [3.8, 4) is 0 Å². The second kappa shape index (κ2) is 8.03. The minimum Gasteiger partial charge on any atom is -0.372 e. The maximum atomic E-state index is 4.40. The van der Waals surface area contributed by atoms with Crippen LogP contribution in [-0.2, 0) is 0 Å². The van der Waals surface area contributed by atoms with E-state index >= 15 is 0 Å². The number of hydrazone groups is 1. The Hall–Kier alpha value is -1.55. The van der Waals surface area contributed by atoms with Gasteiger partial charge in [-0.05, 0) is 64.5 Å². The van der Waals surface area contributed by atoms with Crippen LogP contribution in [0.5, 0.6) is 0 Å². The summed E-state index contributed by atoms with van der Waals surface area (Å²) >= 11 is 0. The molecule has 0 aliphatic carbocycles. The average Bonchev–Trinajstić information content (AvgIpc) is 2.52. The lowest BCUT2D eigenvalue weighted by Crippen LogP contribution is -2.38. The summed E-state index contributed by atoms with van der Waals surface area (Å²) in [6.45, 7) is 8.77. The van der Waals surface area contributed by atoms with E-state index in [4.69, 9.17) is 0 Å². The van der Waals surface area contributed by atoms with Crippen LogP contribution in [0.25, 0.3) is 0 Å². The minimum atomic E-state index is 0.521. The van der Waals surface area contributed by atoms with Crippen molar-refractivity contribution in [2.24, 2.45) is 5.10 Å². The predicted octanol–water partition coefficient (Wildman–Crippen LogP) is 2.55. The molecular formula is C17H28N4. The summed E-state index contributed by atoms with van der Waals surface area (Å²) in [5.41, 5.74) is 5.71. The van der Waals surface area contributed by atoms with Crippen molar-refractivity contribution >= 4 is 11.9 Å². The Bertz CT molecular complexity index is 429. The van der Waals surface area contributed by atoms with Crippen LogP contribution in [0, 0.1) is 0 Å². The van der Waals surface area contributed by atoms with Crippen molar-refractivity contribution in [3.63, 3.8) is 0 Å². The summed E-state index contributed by atoms with van der Waals surface area (Å²) in [7, 11) is 2.18. The molecule has 0 amide bonds. The van der Waals surface area contributed by atoms with Gasteiger partial charge in [-0.25, -0.2) is 0 Å². The number of nitrogens with one attached hydrogen (secondary N) is 1. The van der Waals surface area contributed by atoms with Gasteiger partial charge in [0.1, 0.15) is 0 Å². The monoisotopic (exact) mass is 288 g/mol. The summed E-state index contributed by atoms with van der Waals surface area (Å²) < 4.78 is 0. The Balaban J connectivity index is 1.84. The van der Waals surface area contributed by atoms with Gasteiger partial charge in [0.15, 0.2) is 0 Å². The molecule has 116 valence electrons. The Labute approximate surface area is 128 Å². The van der Waals surface area contributed by atoms with Gasteiger partial charge >= 0.3 is 0 Å². The molecule has 1 aromatic carbocycles. The highest BCUT2D eigenvalue weighted by Gasteiger charge is 2.15. The molecule has 0 atom stereocenters. The van der Waals surface area contributed by atoms with Gasteiger partial charge in [0.25, 0.3) is 0 Å². The zero-order chi connectivity index (χ0) is 15.1. The Morgan fingerprint density at radius 1 is 1.19 bits per heavy atom. The smallest absolute Gasteiger partial charge is 0.0540 e. The van der Waals surface area contributed by atoms with Crippen molar-refractivity contribution in [2.45, 2.75) is 32.7 Å². The number of hydrogen-bond acceptors (Lipinski definition) is 4. The molecule has 1 fully saturated rings. The topological polar surface area (TPSA) is 30.9 Å². The van der Waals surface area contributed by atoms with Crippen molar-refractivity contribution in [1.82, 2.24) is 10.3 Å². The van der Waals surface area contributed by atoms with Crippen LogP contribution >= 0.6 is 0 Å². The molecule has 0 bridgehead atoms. The first-order valence-corrected chi connectivity index (χ1v) is 8.05. The van der Waals surface area contributed by atoms with Crippen LogP contribution in [0.15, 0.2) is 29.4 Å². The Kier molecular flexibility index (Phi) is 6.05. The summed E-state index contributed by atoms with van der Waals surface area (Å²) in [4.78, 5) is 4.71. The zero-order valence-corrected chi connectivity index (χ0v) is 13.5. The van der Waals surface area contributed by atoms with E-state index in [2.05, 4.69) is 65.5 Å². The van der Waals surface area contributed by atoms with Crippen molar-refractivity contribution < 1.29 is 0 Å². The van der Waals surface area contributed by atoms with E-state index in [9.17, 15) is 0 Å². The first kappa shape index (κ1) is 15.8. The van der Waals surface area contributed by atoms with Gasteiger partial charge in [0.2, 0.25) is 0 Å². The van der Waals surface area contributed by atoms with E-state index in [1.807, 2.05) is 6.21 Å². The van der Waals surface area contributed by atoms with E-state index in [1.165, 1.54) is 18.5 Å².